The Bertz CT molecular complexity index is 1050. The van der Waals surface area contributed by atoms with E-state index in [4.69, 9.17) is 22.1 Å². The Kier molecular flexibility index (Phi) is 6.34. The molecule has 0 bridgehead atoms. The van der Waals surface area contributed by atoms with Gasteiger partial charge >= 0.3 is 5.97 Å². The van der Waals surface area contributed by atoms with Crippen molar-refractivity contribution in [3.63, 3.8) is 0 Å². The van der Waals surface area contributed by atoms with Gasteiger partial charge in [0, 0.05) is 48.8 Å². The fourth-order valence-electron chi connectivity index (χ4n) is 3.86. The number of halogens is 1. The largest absolute Gasteiger partial charge is 0.457 e. The molecule has 2 aromatic carbocycles. The number of benzene rings is 2. The quantitative estimate of drug-likeness (QED) is 0.572. The zero-order chi connectivity index (χ0) is 21.8. The van der Waals surface area contributed by atoms with Crippen molar-refractivity contribution >= 4 is 23.5 Å². The fourth-order valence-corrected chi connectivity index (χ4v) is 3.99. The van der Waals surface area contributed by atoms with Crippen LogP contribution in [0.5, 0.6) is 0 Å². The van der Waals surface area contributed by atoms with E-state index in [9.17, 15) is 9.59 Å². The molecule has 2 N–H and O–H groups in total. The number of rotatable bonds is 7. The summed E-state index contributed by atoms with van der Waals surface area (Å²) in [5, 5.41) is 5.09. The third-order valence-corrected chi connectivity index (χ3v) is 5.57. The Morgan fingerprint density at radius 1 is 1.10 bits per heavy atom. The lowest BCUT2D eigenvalue weighted by molar-refractivity contribution is -0.119. The van der Waals surface area contributed by atoms with Crippen LogP contribution in [0.4, 0.5) is 0 Å². The van der Waals surface area contributed by atoms with Crippen molar-refractivity contribution < 1.29 is 14.3 Å². The standard InChI is InChI=1S/C23H23ClN4O3/c24-19-6-8-20(9-7-19)28-13-16(11-26-28)12-27-14-18(10-22(25)29)21(15-27)31-23(30)17-4-2-1-3-5-17/h1-9,11,13,18,21H,10,12,14-15H2,(H2,25,29)/t18-,21+/m0/s1. The van der Waals surface area contributed by atoms with E-state index in [1.54, 1.807) is 35.1 Å². The third-order valence-electron chi connectivity index (χ3n) is 5.32. The number of likely N-dealkylation sites (tertiary alicyclic amines) is 1. The Balaban J connectivity index is 1.43. The van der Waals surface area contributed by atoms with Crippen LogP contribution >= 0.6 is 11.6 Å². The number of esters is 1. The highest BCUT2D eigenvalue weighted by molar-refractivity contribution is 6.30. The molecule has 1 aliphatic heterocycles. The number of hydrogen-bond donors (Lipinski definition) is 1. The fraction of sp³-hybridized carbons (Fsp3) is 0.261. The van der Waals surface area contributed by atoms with Crippen molar-refractivity contribution in [2.45, 2.75) is 19.1 Å². The smallest absolute Gasteiger partial charge is 0.338 e. The zero-order valence-electron chi connectivity index (χ0n) is 16.9. The molecule has 0 spiro atoms. The van der Waals surface area contributed by atoms with Crippen LogP contribution in [0.15, 0.2) is 67.0 Å². The Morgan fingerprint density at radius 3 is 2.55 bits per heavy atom. The zero-order valence-corrected chi connectivity index (χ0v) is 17.6. The monoisotopic (exact) mass is 438 g/mol. The molecule has 0 radical (unpaired) electrons. The van der Waals surface area contributed by atoms with Crippen molar-refractivity contribution in [1.29, 1.82) is 0 Å². The van der Waals surface area contributed by atoms with Crippen LogP contribution in [0, 0.1) is 5.92 Å². The van der Waals surface area contributed by atoms with Gasteiger partial charge in [-0.25, -0.2) is 9.48 Å². The first-order valence-corrected chi connectivity index (χ1v) is 10.4. The summed E-state index contributed by atoms with van der Waals surface area (Å²) >= 11 is 5.95. The lowest BCUT2D eigenvalue weighted by Gasteiger charge is -2.18. The average Bonchev–Trinajstić information content (AvgIpc) is 3.36. The molecular formula is C23H23ClN4O3. The predicted molar refractivity (Wildman–Crippen MR) is 117 cm³/mol. The first-order valence-electron chi connectivity index (χ1n) is 10.0. The van der Waals surface area contributed by atoms with Gasteiger partial charge in [0.15, 0.2) is 0 Å². The molecule has 8 heteroatoms. The third kappa shape index (κ3) is 5.31. The lowest BCUT2D eigenvalue weighted by atomic mass is 10.0. The Morgan fingerprint density at radius 2 is 1.84 bits per heavy atom. The summed E-state index contributed by atoms with van der Waals surface area (Å²) in [6.45, 7) is 1.77. The van der Waals surface area contributed by atoms with Crippen molar-refractivity contribution in [2.24, 2.45) is 11.7 Å². The van der Waals surface area contributed by atoms with E-state index in [0.29, 0.717) is 30.2 Å². The first-order chi connectivity index (χ1) is 15.0. The summed E-state index contributed by atoms with van der Waals surface area (Å²) in [5.41, 5.74) is 7.85. The van der Waals surface area contributed by atoms with Crippen molar-refractivity contribution in [3.8, 4) is 5.69 Å². The minimum absolute atomic E-state index is 0.142. The number of carbonyl (C=O) groups excluding carboxylic acids is 2. The van der Waals surface area contributed by atoms with Crippen LogP contribution in [0.3, 0.4) is 0 Å². The molecule has 0 aliphatic carbocycles. The molecular weight excluding hydrogens is 416 g/mol. The summed E-state index contributed by atoms with van der Waals surface area (Å²) in [5.74, 6) is -0.933. The van der Waals surface area contributed by atoms with Crippen LogP contribution in [-0.2, 0) is 16.1 Å². The van der Waals surface area contributed by atoms with E-state index >= 15 is 0 Å². The molecule has 3 aromatic rings. The number of ether oxygens (including phenoxy) is 1. The van der Waals surface area contributed by atoms with Gasteiger partial charge in [-0.2, -0.15) is 5.10 Å². The number of nitrogens with two attached hydrogens (primary N) is 1. The first kappa shape index (κ1) is 21.1. The molecule has 1 saturated heterocycles. The van der Waals surface area contributed by atoms with Gasteiger partial charge in [-0.3, -0.25) is 9.69 Å². The number of amides is 1. The van der Waals surface area contributed by atoms with Gasteiger partial charge in [-0.15, -0.1) is 0 Å². The van der Waals surface area contributed by atoms with Crippen LogP contribution in [0.25, 0.3) is 5.69 Å². The van der Waals surface area contributed by atoms with Crippen LogP contribution < -0.4 is 5.73 Å². The van der Waals surface area contributed by atoms with E-state index in [-0.39, 0.29) is 12.3 Å². The van der Waals surface area contributed by atoms with Gasteiger partial charge in [0.2, 0.25) is 5.91 Å². The second kappa shape index (κ2) is 9.32. The van der Waals surface area contributed by atoms with E-state index < -0.39 is 18.0 Å². The maximum Gasteiger partial charge on any atom is 0.338 e. The maximum atomic E-state index is 12.5. The molecule has 2 heterocycles. The molecule has 1 aromatic heterocycles. The molecule has 4 rings (SSSR count). The summed E-state index contributed by atoms with van der Waals surface area (Å²) in [6.07, 6.45) is 3.54. The van der Waals surface area contributed by atoms with Crippen molar-refractivity contribution in [1.82, 2.24) is 14.7 Å². The number of nitrogens with zero attached hydrogens (tertiary/aromatic N) is 3. The van der Waals surface area contributed by atoms with Gasteiger partial charge in [0.1, 0.15) is 6.10 Å². The van der Waals surface area contributed by atoms with Gasteiger partial charge in [0.25, 0.3) is 0 Å². The average molecular weight is 439 g/mol. The summed E-state index contributed by atoms with van der Waals surface area (Å²) < 4.78 is 7.53. The van der Waals surface area contributed by atoms with Gasteiger partial charge in [-0.1, -0.05) is 29.8 Å². The molecule has 31 heavy (non-hydrogen) atoms. The van der Waals surface area contributed by atoms with E-state index in [1.807, 2.05) is 36.5 Å². The molecule has 1 amide bonds. The van der Waals surface area contributed by atoms with Crippen LogP contribution in [-0.4, -0.2) is 45.8 Å². The number of hydrogen-bond acceptors (Lipinski definition) is 5. The van der Waals surface area contributed by atoms with Gasteiger partial charge in [-0.05, 0) is 36.4 Å². The molecule has 0 unspecified atom stereocenters. The lowest BCUT2D eigenvalue weighted by Crippen LogP contribution is -2.29. The van der Waals surface area contributed by atoms with E-state index in [2.05, 4.69) is 10.00 Å². The summed E-state index contributed by atoms with van der Waals surface area (Å²) in [4.78, 5) is 26.2. The normalized spacial score (nSPS) is 18.7. The Labute approximate surface area is 185 Å². The number of primary amides is 1. The molecule has 0 saturated carbocycles. The van der Waals surface area contributed by atoms with Crippen LogP contribution in [0.2, 0.25) is 5.02 Å². The van der Waals surface area contributed by atoms with Gasteiger partial charge < -0.3 is 10.5 Å². The predicted octanol–water partition coefficient (Wildman–Crippen LogP) is 3.06. The number of carbonyl (C=O) groups is 2. The highest BCUT2D eigenvalue weighted by atomic mass is 35.5. The molecule has 1 aliphatic rings. The summed E-state index contributed by atoms with van der Waals surface area (Å²) in [7, 11) is 0. The van der Waals surface area contributed by atoms with E-state index in [0.717, 1.165) is 11.3 Å². The maximum absolute atomic E-state index is 12.5. The highest BCUT2D eigenvalue weighted by Gasteiger charge is 2.36. The minimum atomic E-state index is -0.400. The SMILES string of the molecule is NC(=O)C[C@H]1CN(Cc2cnn(-c3ccc(Cl)cc3)c2)C[C@H]1OC(=O)c1ccccc1. The Hall–Kier alpha value is -3.16. The van der Waals surface area contributed by atoms with Crippen LogP contribution in [0.1, 0.15) is 22.3 Å². The molecule has 160 valence electrons. The van der Waals surface area contributed by atoms with Crippen molar-refractivity contribution in [2.75, 3.05) is 13.1 Å². The topological polar surface area (TPSA) is 90.5 Å². The summed E-state index contributed by atoms with van der Waals surface area (Å²) in [6, 6.07) is 16.3. The second-order valence-electron chi connectivity index (χ2n) is 7.70. The minimum Gasteiger partial charge on any atom is -0.457 e. The van der Waals surface area contributed by atoms with E-state index in [1.165, 1.54) is 0 Å². The molecule has 7 nitrogen and oxygen atoms in total. The molecule has 2 atom stereocenters. The second-order valence-corrected chi connectivity index (χ2v) is 8.14. The molecule has 1 fully saturated rings. The van der Waals surface area contributed by atoms with Gasteiger partial charge in [0.05, 0.1) is 17.4 Å². The van der Waals surface area contributed by atoms with Crippen molar-refractivity contribution in [3.05, 3.63) is 83.1 Å². The highest BCUT2D eigenvalue weighted by Crippen LogP contribution is 2.26. The number of aromatic nitrogens is 2.